The number of alkyl halides is 3. The Morgan fingerprint density at radius 2 is 1.82 bits per heavy atom. The van der Waals surface area contributed by atoms with E-state index in [4.69, 9.17) is 0 Å². The first-order chi connectivity index (χ1) is 7.82. The predicted octanol–water partition coefficient (Wildman–Crippen LogP) is 2.20. The first-order valence-corrected chi connectivity index (χ1v) is 4.62. The lowest BCUT2D eigenvalue weighted by Gasteiger charge is -2.22. The first kappa shape index (κ1) is 11.8. The van der Waals surface area contributed by atoms with E-state index >= 15 is 0 Å². The third-order valence-electron chi connectivity index (χ3n) is 2.33. The number of aliphatic hydroxyl groups is 1. The Bertz CT molecular complexity index is 454. The molecule has 0 saturated carbocycles. The van der Waals surface area contributed by atoms with Gasteiger partial charge in [0.05, 0.1) is 12.1 Å². The molecule has 1 unspecified atom stereocenters. The molecular weight excluding hydrogens is 242 g/mol. The average Bonchev–Trinajstić information content (AvgIpc) is 2.63. The van der Waals surface area contributed by atoms with E-state index in [-0.39, 0.29) is 11.3 Å². The molecule has 1 N–H and O–H groups in total. The molecule has 17 heavy (non-hydrogen) atoms. The van der Waals surface area contributed by atoms with Crippen molar-refractivity contribution in [2.24, 2.45) is 5.16 Å². The topological polar surface area (TPSA) is 41.8 Å². The van der Waals surface area contributed by atoms with Gasteiger partial charge in [-0.25, -0.2) is 4.39 Å². The van der Waals surface area contributed by atoms with Crippen molar-refractivity contribution >= 4 is 5.71 Å². The molecule has 92 valence electrons. The van der Waals surface area contributed by atoms with Crippen LogP contribution in [0.5, 0.6) is 0 Å². The van der Waals surface area contributed by atoms with Gasteiger partial charge in [-0.1, -0.05) is 17.3 Å². The lowest BCUT2D eigenvalue weighted by Crippen LogP contribution is -2.45. The molecule has 2 rings (SSSR count). The molecular formula is C10H7F4NO2. The summed E-state index contributed by atoms with van der Waals surface area (Å²) < 4.78 is 49.8. The van der Waals surface area contributed by atoms with Crippen molar-refractivity contribution in [1.82, 2.24) is 0 Å². The highest BCUT2D eigenvalue weighted by Gasteiger charge is 2.60. The van der Waals surface area contributed by atoms with Crippen LogP contribution in [-0.2, 0) is 4.84 Å². The predicted molar refractivity (Wildman–Crippen MR) is 49.6 cm³/mol. The van der Waals surface area contributed by atoms with Gasteiger partial charge in [-0.05, 0) is 17.7 Å². The number of hydrogen-bond donors (Lipinski definition) is 1. The molecule has 0 bridgehead atoms. The van der Waals surface area contributed by atoms with Gasteiger partial charge < -0.3 is 9.94 Å². The van der Waals surface area contributed by atoms with E-state index in [9.17, 15) is 22.7 Å². The number of halogens is 4. The second kappa shape index (κ2) is 3.69. The third-order valence-corrected chi connectivity index (χ3v) is 2.33. The second-order valence-electron chi connectivity index (χ2n) is 3.60. The molecule has 0 fully saturated rings. The summed E-state index contributed by atoms with van der Waals surface area (Å²) in [4.78, 5) is 4.03. The van der Waals surface area contributed by atoms with Crippen LogP contribution in [0.15, 0.2) is 29.4 Å². The Balaban J connectivity index is 2.20. The van der Waals surface area contributed by atoms with Crippen molar-refractivity contribution in [2.75, 3.05) is 0 Å². The molecule has 0 radical (unpaired) electrons. The van der Waals surface area contributed by atoms with Crippen LogP contribution in [0, 0.1) is 5.82 Å². The van der Waals surface area contributed by atoms with E-state index in [1.807, 2.05) is 0 Å². The highest BCUT2D eigenvalue weighted by molar-refractivity contribution is 6.01. The second-order valence-corrected chi connectivity index (χ2v) is 3.60. The molecule has 1 aliphatic rings. The Kier molecular flexibility index (Phi) is 2.57. The van der Waals surface area contributed by atoms with Gasteiger partial charge in [0.1, 0.15) is 5.82 Å². The Labute approximate surface area is 93.3 Å². The van der Waals surface area contributed by atoms with Crippen molar-refractivity contribution in [2.45, 2.75) is 18.4 Å². The number of nitrogens with zero attached hydrogens (tertiary/aromatic N) is 1. The summed E-state index contributed by atoms with van der Waals surface area (Å²) in [7, 11) is 0. The van der Waals surface area contributed by atoms with Crippen LogP contribution in [-0.4, -0.2) is 22.8 Å². The van der Waals surface area contributed by atoms with Crippen LogP contribution < -0.4 is 0 Å². The van der Waals surface area contributed by atoms with E-state index in [2.05, 4.69) is 9.99 Å². The summed E-state index contributed by atoms with van der Waals surface area (Å²) in [5.41, 5.74) is 0.191. The van der Waals surface area contributed by atoms with Crippen LogP contribution in [0.25, 0.3) is 0 Å². The van der Waals surface area contributed by atoms with Gasteiger partial charge in [-0.2, -0.15) is 13.2 Å². The van der Waals surface area contributed by atoms with Crippen LogP contribution >= 0.6 is 0 Å². The zero-order valence-corrected chi connectivity index (χ0v) is 8.33. The van der Waals surface area contributed by atoms with Crippen LogP contribution in [0.4, 0.5) is 17.6 Å². The molecule has 1 aromatic carbocycles. The summed E-state index contributed by atoms with van der Waals surface area (Å²) in [6.07, 6.45) is -5.75. The van der Waals surface area contributed by atoms with Crippen molar-refractivity contribution in [3.63, 3.8) is 0 Å². The van der Waals surface area contributed by atoms with Gasteiger partial charge >= 0.3 is 12.0 Å². The molecule has 0 aromatic heterocycles. The molecule has 0 spiro atoms. The largest absolute Gasteiger partial charge is 0.458 e. The molecule has 0 amide bonds. The van der Waals surface area contributed by atoms with Crippen LogP contribution in [0.2, 0.25) is 0 Å². The quantitative estimate of drug-likeness (QED) is 0.775. The minimum atomic E-state index is -4.93. The van der Waals surface area contributed by atoms with Gasteiger partial charge in [-0.15, -0.1) is 0 Å². The SMILES string of the molecule is OC1(C(F)(F)F)CC(c2ccc(F)cc2)=NO1. The van der Waals surface area contributed by atoms with Gasteiger partial charge in [-0.3, -0.25) is 0 Å². The normalized spacial score (nSPS) is 24.4. The summed E-state index contributed by atoms with van der Waals surface area (Å²) in [6, 6.07) is 4.70. The smallest absolute Gasteiger partial charge is 0.350 e. The summed E-state index contributed by atoms with van der Waals surface area (Å²) >= 11 is 0. The van der Waals surface area contributed by atoms with Crippen LogP contribution in [0.1, 0.15) is 12.0 Å². The number of oxime groups is 1. The van der Waals surface area contributed by atoms with Crippen molar-refractivity contribution in [1.29, 1.82) is 0 Å². The summed E-state index contributed by atoms with van der Waals surface area (Å²) in [5.74, 6) is -3.81. The highest BCUT2D eigenvalue weighted by Crippen LogP contribution is 2.38. The zero-order chi connectivity index (χ0) is 12.7. The number of rotatable bonds is 1. The Hall–Kier alpha value is -1.63. The van der Waals surface area contributed by atoms with Crippen molar-refractivity contribution in [3.05, 3.63) is 35.6 Å². The molecule has 0 aliphatic carbocycles. The molecule has 3 nitrogen and oxygen atoms in total. The average molecular weight is 249 g/mol. The molecule has 1 atom stereocenters. The molecule has 0 saturated heterocycles. The van der Waals surface area contributed by atoms with Gasteiger partial charge in [0, 0.05) is 0 Å². The van der Waals surface area contributed by atoms with Crippen molar-refractivity contribution < 1.29 is 27.5 Å². The zero-order valence-electron chi connectivity index (χ0n) is 8.33. The van der Waals surface area contributed by atoms with E-state index in [1.54, 1.807) is 0 Å². The fourth-order valence-corrected chi connectivity index (χ4v) is 1.37. The van der Waals surface area contributed by atoms with Gasteiger partial charge in [0.15, 0.2) is 0 Å². The number of benzene rings is 1. The minimum absolute atomic E-state index is 0.0789. The fraction of sp³-hybridized carbons (Fsp3) is 0.300. The van der Waals surface area contributed by atoms with E-state index < -0.39 is 24.2 Å². The van der Waals surface area contributed by atoms with Gasteiger partial charge in [0.2, 0.25) is 0 Å². The van der Waals surface area contributed by atoms with E-state index in [0.29, 0.717) is 0 Å². The maximum Gasteiger partial charge on any atom is 0.458 e. The summed E-state index contributed by atoms with van der Waals surface area (Å²) in [5, 5.41) is 12.4. The van der Waals surface area contributed by atoms with Crippen molar-refractivity contribution in [3.8, 4) is 0 Å². The van der Waals surface area contributed by atoms with Gasteiger partial charge in [0.25, 0.3) is 0 Å². The Morgan fingerprint density at radius 3 is 2.29 bits per heavy atom. The molecule has 7 heteroatoms. The Morgan fingerprint density at radius 1 is 1.24 bits per heavy atom. The maximum absolute atomic E-state index is 12.6. The maximum atomic E-state index is 12.6. The highest BCUT2D eigenvalue weighted by atomic mass is 19.4. The number of hydrogen-bond acceptors (Lipinski definition) is 3. The summed E-state index contributed by atoms with van der Waals surface area (Å²) in [6.45, 7) is 0. The lowest BCUT2D eigenvalue weighted by molar-refractivity contribution is -0.355. The fourth-order valence-electron chi connectivity index (χ4n) is 1.37. The monoisotopic (exact) mass is 249 g/mol. The lowest BCUT2D eigenvalue weighted by atomic mass is 10.0. The molecule has 1 heterocycles. The van der Waals surface area contributed by atoms with E-state index in [1.165, 1.54) is 12.1 Å². The van der Waals surface area contributed by atoms with Crippen LogP contribution in [0.3, 0.4) is 0 Å². The van der Waals surface area contributed by atoms with E-state index in [0.717, 1.165) is 12.1 Å². The molecule has 1 aromatic rings. The third kappa shape index (κ3) is 2.10. The minimum Gasteiger partial charge on any atom is -0.350 e. The molecule has 1 aliphatic heterocycles. The first-order valence-electron chi connectivity index (χ1n) is 4.62. The standard InChI is InChI=1S/C10H7F4NO2/c11-7-3-1-6(2-4-7)8-5-9(16,17-15-8)10(12,13)14/h1-4,16H,5H2.